The van der Waals surface area contributed by atoms with Crippen molar-refractivity contribution in [2.24, 2.45) is 16.6 Å². The molecule has 2 N–H and O–H groups in total. The summed E-state index contributed by atoms with van der Waals surface area (Å²) in [5.41, 5.74) is 8.03. The molecule has 1 aliphatic carbocycles. The van der Waals surface area contributed by atoms with Gasteiger partial charge in [-0.2, -0.15) is 0 Å². The highest BCUT2D eigenvalue weighted by Gasteiger charge is 2.27. The number of unbranched alkanes of at least 4 members (excludes halogenated alkanes) is 2. The maximum atomic E-state index is 6.92. The zero-order chi connectivity index (χ0) is 19.5. The van der Waals surface area contributed by atoms with Crippen LogP contribution in [0.25, 0.3) is 0 Å². The van der Waals surface area contributed by atoms with E-state index in [9.17, 15) is 0 Å². The number of rotatable bonds is 12. The smallest absolute Gasteiger partial charge is 0.0442 e. The highest BCUT2D eigenvalue weighted by atomic mass is 28.3. The fourth-order valence-corrected chi connectivity index (χ4v) is 5.59. The van der Waals surface area contributed by atoms with Crippen molar-refractivity contribution in [3.8, 4) is 0 Å². The molecular weight excluding hydrogens is 332 g/mol. The van der Waals surface area contributed by atoms with Gasteiger partial charge in [-0.15, -0.1) is 0 Å². The van der Waals surface area contributed by atoms with Crippen molar-refractivity contribution >= 4 is 14.3 Å². The molecule has 1 rings (SSSR count). The first-order valence-corrected chi connectivity index (χ1v) is 14.9. The number of nitrogens with zero attached hydrogens (tertiary/aromatic N) is 1. The highest BCUT2D eigenvalue weighted by molar-refractivity contribution is 6.76. The Bertz CT molecular complexity index is 430. The second-order valence-electron chi connectivity index (χ2n) is 9.89. The number of hydrogen-bond donors (Lipinski definition) is 1. The number of nitrogens with two attached hydrogens (primary N) is 1. The van der Waals surface area contributed by atoms with E-state index in [1.807, 2.05) is 19.3 Å². The van der Waals surface area contributed by atoms with Crippen molar-refractivity contribution in [2.45, 2.75) is 122 Å². The van der Waals surface area contributed by atoms with Gasteiger partial charge in [-0.05, 0) is 38.2 Å². The van der Waals surface area contributed by atoms with Crippen LogP contribution in [0, 0.1) is 5.92 Å². The lowest BCUT2D eigenvalue weighted by atomic mass is 9.80. The number of aliphatic imine (C=N–C) groups is 1. The summed E-state index contributed by atoms with van der Waals surface area (Å²) in [6.07, 6.45) is 20.0. The van der Waals surface area contributed by atoms with Crippen molar-refractivity contribution in [3.05, 3.63) is 11.8 Å². The molecular formula is C23H46N2Si. The van der Waals surface area contributed by atoms with Gasteiger partial charge < -0.3 is 5.73 Å². The Morgan fingerprint density at radius 2 is 1.65 bits per heavy atom. The van der Waals surface area contributed by atoms with Crippen LogP contribution in [0.2, 0.25) is 25.7 Å². The molecule has 0 heterocycles. The summed E-state index contributed by atoms with van der Waals surface area (Å²) >= 11 is 0. The van der Waals surface area contributed by atoms with Crippen LogP contribution < -0.4 is 5.73 Å². The summed E-state index contributed by atoms with van der Waals surface area (Å²) in [5.74, 6) is 0.994. The highest BCUT2D eigenvalue weighted by Crippen LogP contribution is 2.31. The summed E-state index contributed by atoms with van der Waals surface area (Å²) in [6, 6.07) is 1.42. The fourth-order valence-electron chi connectivity index (χ4n) is 4.28. The molecule has 0 spiro atoms. The molecule has 26 heavy (non-hydrogen) atoms. The van der Waals surface area contributed by atoms with Gasteiger partial charge in [0, 0.05) is 26.0 Å². The minimum Gasteiger partial charge on any atom is -0.322 e. The molecule has 152 valence electrons. The first-order chi connectivity index (χ1) is 12.3. The second-order valence-corrected chi connectivity index (χ2v) is 15.5. The largest absolute Gasteiger partial charge is 0.322 e. The van der Waals surface area contributed by atoms with Gasteiger partial charge in [0.15, 0.2) is 0 Å². The van der Waals surface area contributed by atoms with E-state index in [0.717, 1.165) is 18.8 Å². The van der Waals surface area contributed by atoms with E-state index in [0.29, 0.717) is 0 Å². The van der Waals surface area contributed by atoms with Crippen molar-refractivity contribution in [3.63, 3.8) is 0 Å². The Labute approximate surface area is 165 Å². The van der Waals surface area contributed by atoms with Crippen molar-refractivity contribution in [2.75, 3.05) is 0 Å². The third-order valence-corrected chi connectivity index (χ3v) is 8.07. The molecule has 0 bridgehead atoms. The Balaban J connectivity index is 2.48. The van der Waals surface area contributed by atoms with E-state index in [4.69, 9.17) is 5.73 Å². The van der Waals surface area contributed by atoms with Crippen molar-refractivity contribution < 1.29 is 0 Å². The molecule has 0 radical (unpaired) electrons. The lowest BCUT2D eigenvalue weighted by Crippen LogP contribution is -2.41. The Morgan fingerprint density at radius 3 is 2.23 bits per heavy atom. The molecule has 2 nitrogen and oxygen atoms in total. The van der Waals surface area contributed by atoms with Gasteiger partial charge in [-0.3, -0.25) is 4.99 Å². The third kappa shape index (κ3) is 10.1. The molecule has 0 aromatic heterocycles. The van der Waals surface area contributed by atoms with Crippen LogP contribution in [-0.2, 0) is 0 Å². The zero-order valence-electron chi connectivity index (χ0n) is 18.4. The Morgan fingerprint density at radius 1 is 1.04 bits per heavy atom. The van der Waals surface area contributed by atoms with Gasteiger partial charge in [-0.25, -0.2) is 0 Å². The lowest BCUT2D eigenvalue weighted by molar-refractivity contribution is 0.318. The van der Waals surface area contributed by atoms with Crippen LogP contribution in [0.15, 0.2) is 16.8 Å². The summed E-state index contributed by atoms with van der Waals surface area (Å²) in [5, 5.41) is 0. The van der Waals surface area contributed by atoms with E-state index in [1.165, 1.54) is 75.8 Å². The third-order valence-electron chi connectivity index (χ3n) is 6.21. The van der Waals surface area contributed by atoms with E-state index < -0.39 is 8.07 Å². The van der Waals surface area contributed by atoms with Gasteiger partial charge in [0.05, 0.1) is 0 Å². The van der Waals surface area contributed by atoms with Crippen LogP contribution >= 0.6 is 0 Å². The molecule has 0 aliphatic heterocycles. The molecule has 1 aliphatic rings. The van der Waals surface area contributed by atoms with Crippen LogP contribution in [0.5, 0.6) is 0 Å². The van der Waals surface area contributed by atoms with E-state index in [2.05, 4.69) is 31.6 Å². The molecule has 0 amide bonds. The van der Waals surface area contributed by atoms with Gasteiger partial charge in [-0.1, -0.05) is 89.9 Å². The van der Waals surface area contributed by atoms with E-state index in [-0.39, 0.29) is 5.54 Å². The predicted octanol–water partition coefficient (Wildman–Crippen LogP) is 7.33. The fraction of sp³-hybridized carbons (Fsp3) is 0.870. The molecule has 1 saturated carbocycles. The molecule has 0 aromatic carbocycles. The SMILES string of the molecule is CC=N/C=C(\C)C(N)(CCCCC1CCCCC1)CCCC[Si](C)(C)C. The average molecular weight is 379 g/mol. The molecule has 3 heteroatoms. The van der Waals surface area contributed by atoms with E-state index in [1.54, 1.807) is 0 Å². The standard InChI is InChI=1S/C23H46N2Si/c1-6-25-20-21(2)23(24,18-12-13-19-26(3,4)5)17-11-10-16-22-14-8-7-9-15-22/h6,20,22H,7-19,24H2,1-5H3/b21-20+,25-6?. The van der Waals surface area contributed by atoms with Crippen molar-refractivity contribution in [1.82, 2.24) is 0 Å². The van der Waals surface area contributed by atoms with Gasteiger partial charge in [0.25, 0.3) is 0 Å². The molecule has 1 unspecified atom stereocenters. The first-order valence-electron chi connectivity index (χ1n) is 11.2. The van der Waals surface area contributed by atoms with Gasteiger partial charge >= 0.3 is 0 Å². The monoisotopic (exact) mass is 378 g/mol. The molecule has 1 atom stereocenters. The average Bonchev–Trinajstić information content (AvgIpc) is 2.60. The van der Waals surface area contributed by atoms with Crippen LogP contribution in [0.1, 0.15) is 90.9 Å². The lowest BCUT2D eigenvalue weighted by Gasteiger charge is -2.31. The normalized spacial score (nSPS) is 19.8. The maximum absolute atomic E-state index is 6.92. The summed E-state index contributed by atoms with van der Waals surface area (Å²) < 4.78 is 0. The van der Waals surface area contributed by atoms with Crippen LogP contribution in [0.3, 0.4) is 0 Å². The predicted molar refractivity (Wildman–Crippen MR) is 122 cm³/mol. The first kappa shape index (κ1) is 23.6. The quantitative estimate of drug-likeness (QED) is 0.215. The Kier molecular flexibility index (Phi) is 11.0. The summed E-state index contributed by atoms with van der Waals surface area (Å²) in [6.45, 7) is 11.6. The molecule has 0 saturated heterocycles. The Hall–Kier alpha value is -0.413. The van der Waals surface area contributed by atoms with Crippen LogP contribution in [-0.4, -0.2) is 19.8 Å². The van der Waals surface area contributed by atoms with E-state index >= 15 is 0 Å². The van der Waals surface area contributed by atoms with Crippen molar-refractivity contribution in [1.29, 1.82) is 0 Å². The molecule has 0 aromatic rings. The topological polar surface area (TPSA) is 38.4 Å². The maximum Gasteiger partial charge on any atom is 0.0442 e. The van der Waals surface area contributed by atoms with Gasteiger partial charge in [0.2, 0.25) is 0 Å². The molecule has 1 fully saturated rings. The summed E-state index contributed by atoms with van der Waals surface area (Å²) in [4.78, 5) is 4.35. The second kappa shape index (κ2) is 12.1. The van der Waals surface area contributed by atoms with Gasteiger partial charge in [0.1, 0.15) is 0 Å². The summed E-state index contributed by atoms with van der Waals surface area (Å²) in [7, 11) is -0.931. The number of hydrogen-bond acceptors (Lipinski definition) is 2. The van der Waals surface area contributed by atoms with Crippen LogP contribution in [0.4, 0.5) is 0 Å². The minimum atomic E-state index is -0.931. The minimum absolute atomic E-state index is 0.154. The zero-order valence-corrected chi connectivity index (χ0v) is 19.4.